The number of nitriles is 1. The molecule has 11 nitrogen and oxygen atoms in total. The second kappa shape index (κ2) is 9.28. The summed E-state index contributed by atoms with van der Waals surface area (Å²) in [6.45, 7) is 1.09. The van der Waals surface area contributed by atoms with Crippen LogP contribution >= 0.6 is 0 Å². The van der Waals surface area contributed by atoms with Crippen LogP contribution in [0.5, 0.6) is 11.8 Å². The number of nitrogens with two attached hydrogens (primary N) is 1. The zero-order chi connectivity index (χ0) is 25.6. The second-order valence-corrected chi connectivity index (χ2v) is 10.7. The molecule has 4 atom stereocenters. The van der Waals surface area contributed by atoms with Gasteiger partial charge in [0.15, 0.2) is 11.6 Å². The number of aromatic nitrogens is 4. The lowest BCUT2D eigenvalue weighted by molar-refractivity contribution is -0.0439. The van der Waals surface area contributed by atoms with E-state index in [2.05, 4.69) is 31.3 Å². The highest BCUT2D eigenvalue weighted by Crippen LogP contribution is 2.57. The molecule has 4 saturated carbocycles. The quantitative estimate of drug-likeness (QED) is 0.514. The topological polar surface area (TPSA) is 152 Å². The van der Waals surface area contributed by atoms with Gasteiger partial charge in [0.05, 0.1) is 37.9 Å². The summed E-state index contributed by atoms with van der Waals surface area (Å²) in [4.78, 5) is 31.5. The number of piperidine rings is 1. The van der Waals surface area contributed by atoms with Gasteiger partial charge in [-0.3, -0.25) is 4.79 Å². The van der Waals surface area contributed by atoms with Crippen molar-refractivity contribution in [3.8, 4) is 17.8 Å². The lowest BCUT2D eigenvalue weighted by atomic mass is 9.50. The van der Waals surface area contributed by atoms with Crippen molar-refractivity contribution >= 4 is 17.5 Å². The molecule has 1 saturated heterocycles. The lowest BCUT2D eigenvalue weighted by Gasteiger charge is -2.61. The third-order valence-electron chi connectivity index (χ3n) is 8.02. The van der Waals surface area contributed by atoms with Gasteiger partial charge in [-0.2, -0.15) is 15.2 Å². The van der Waals surface area contributed by atoms with E-state index in [9.17, 15) is 4.79 Å². The van der Waals surface area contributed by atoms with Crippen molar-refractivity contribution in [2.24, 2.45) is 23.7 Å². The van der Waals surface area contributed by atoms with Crippen molar-refractivity contribution in [1.82, 2.24) is 25.3 Å². The molecule has 194 valence electrons. The Morgan fingerprint density at radius 3 is 2.76 bits per heavy atom. The van der Waals surface area contributed by atoms with Crippen molar-refractivity contribution in [1.29, 1.82) is 5.26 Å². The molecule has 1 amide bonds. The number of nitrogen functional groups attached to an aromatic ring is 1. The number of anilines is 2. The van der Waals surface area contributed by atoms with Crippen molar-refractivity contribution in [3.63, 3.8) is 0 Å². The fourth-order valence-corrected chi connectivity index (χ4v) is 5.45. The predicted octanol–water partition coefficient (Wildman–Crippen LogP) is 1.91. The Bertz CT molecular complexity index is 1220. The number of carbonyl (C=O) groups is 1. The van der Waals surface area contributed by atoms with Crippen LogP contribution in [0.4, 0.5) is 16.0 Å². The van der Waals surface area contributed by atoms with Gasteiger partial charge >= 0.3 is 6.01 Å². The van der Waals surface area contributed by atoms with Gasteiger partial charge in [0.2, 0.25) is 0 Å². The molecule has 5 fully saturated rings. The number of carbonyl (C=O) groups excluding carboxylic acids is 1. The monoisotopic (exact) mass is 508 g/mol. The minimum Gasteiger partial charge on any atom is -0.488 e. The molecule has 7 rings (SSSR count). The number of alkyl halides is 1. The maximum Gasteiger partial charge on any atom is 0.319 e. The zero-order valence-electron chi connectivity index (χ0n) is 20.3. The molecule has 2 aromatic heterocycles. The smallest absolute Gasteiger partial charge is 0.319 e. The molecule has 3 heterocycles. The van der Waals surface area contributed by atoms with E-state index in [0.29, 0.717) is 31.1 Å². The van der Waals surface area contributed by atoms with Crippen LogP contribution in [0.1, 0.15) is 42.6 Å². The first-order valence-corrected chi connectivity index (χ1v) is 12.7. The molecule has 5 aliphatic rings. The maximum atomic E-state index is 15.2. The number of nitrogens with zero attached hydrogens (tertiary/aromatic N) is 6. The number of hydrogen-bond donors (Lipinski definition) is 2. The van der Waals surface area contributed by atoms with E-state index in [1.165, 1.54) is 12.5 Å². The Morgan fingerprint density at radius 2 is 2.08 bits per heavy atom. The van der Waals surface area contributed by atoms with E-state index in [1.807, 2.05) is 4.90 Å². The Morgan fingerprint density at radius 1 is 1.27 bits per heavy atom. The maximum absolute atomic E-state index is 15.2. The summed E-state index contributed by atoms with van der Waals surface area (Å²) in [7, 11) is 0. The van der Waals surface area contributed by atoms with Gasteiger partial charge in [0.1, 0.15) is 24.0 Å². The van der Waals surface area contributed by atoms with Crippen LogP contribution in [-0.4, -0.2) is 63.9 Å². The summed E-state index contributed by atoms with van der Waals surface area (Å²) < 4.78 is 26.7. The summed E-state index contributed by atoms with van der Waals surface area (Å²) in [5.74, 6) is 1.25. The average molecular weight is 509 g/mol. The summed E-state index contributed by atoms with van der Waals surface area (Å²) in [6.07, 6.45) is 5.95. The highest BCUT2D eigenvalue weighted by molar-refractivity contribution is 5.94. The van der Waals surface area contributed by atoms with E-state index in [1.54, 1.807) is 6.07 Å². The van der Waals surface area contributed by atoms with Crippen LogP contribution < -0.4 is 25.4 Å². The Balaban J connectivity index is 1.13. The standard InChI is InChI=1S/C25H29FN8O3/c26-18-10-34(2-1-15(18)11-36-20-9-29-13-30-22(20)28)21-4-19(23(35)33-25-5-14(6-25)7-25)31-24(32-21)37-12-17-3-16(17)8-27/h4,9,13-18H,1-3,5-7,10-12H2,(H,33,35)(H2,28,29,30)/t14?,15-,16-,17+,18-,25?/m0/s1. The molecule has 12 heteroatoms. The second-order valence-electron chi connectivity index (χ2n) is 10.7. The molecule has 0 radical (unpaired) electrons. The van der Waals surface area contributed by atoms with Gasteiger partial charge in [-0.15, -0.1) is 0 Å². The van der Waals surface area contributed by atoms with E-state index >= 15 is 4.39 Å². The fourth-order valence-electron chi connectivity index (χ4n) is 5.45. The van der Waals surface area contributed by atoms with Gasteiger partial charge in [0.25, 0.3) is 5.91 Å². The average Bonchev–Trinajstić information content (AvgIpc) is 3.63. The third-order valence-corrected chi connectivity index (χ3v) is 8.02. The highest BCUT2D eigenvalue weighted by atomic mass is 19.1. The molecule has 3 N–H and O–H groups in total. The number of nitrogens with one attached hydrogen (secondary N) is 1. The zero-order valence-corrected chi connectivity index (χ0v) is 20.3. The lowest BCUT2D eigenvalue weighted by Crippen LogP contribution is -2.68. The van der Waals surface area contributed by atoms with Gasteiger partial charge in [-0.1, -0.05) is 0 Å². The molecule has 4 aliphatic carbocycles. The Hall–Kier alpha value is -3.75. The van der Waals surface area contributed by atoms with Crippen LogP contribution in [0.25, 0.3) is 0 Å². The van der Waals surface area contributed by atoms with Gasteiger partial charge in [-0.25, -0.2) is 14.4 Å². The van der Waals surface area contributed by atoms with E-state index < -0.39 is 6.17 Å². The summed E-state index contributed by atoms with van der Waals surface area (Å²) >= 11 is 0. The van der Waals surface area contributed by atoms with E-state index in [4.69, 9.17) is 20.5 Å². The van der Waals surface area contributed by atoms with E-state index in [-0.39, 0.29) is 59.9 Å². The molecule has 2 bridgehead atoms. The fraction of sp³-hybridized carbons (Fsp3) is 0.600. The van der Waals surface area contributed by atoms with Crippen molar-refractivity contribution in [2.45, 2.75) is 43.8 Å². The van der Waals surface area contributed by atoms with Crippen LogP contribution in [0, 0.1) is 35.0 Å². The molecule has 2 aromatic rings. The Kier molecular flexibility index (Phi) is 5.93. The van der Waals surface area contributed by atoms with Crippen LogP contribution in [-0.2, 0) is 0 Å². The summed E-state index contributed by atoms with van der Waals surface area (Å²) in [5.41, 5.74) is 5.89. The largest absolute Gasteiger partial charge is 0.488 e. The first-order chi connectivity index (χ1) is 17.9. The molecule has 37 heavy (non-hydrogen) atoms. The first-order valence-electron chi connectivity index (χ1n) is 12.7. The number of amides is 1. The predicted molar refractivity (Wildman–Crippen MR) is 129 cm³/mol. The van der Waals surface area contributed by atoms with Gasteiger partial charge in [-0.05, 0) is 38.0 Å². The molecule has 0 aromatic carbocycles. The van der Waals surface area contributed by atoms with Gasteiger partial charge in [0, 0.05) is 30.0 Å². The minimum atomic E-state index is -1.18. The van der Waals surface area contributed by atoms with Crippen LogP contribution in [0.15, 0.2) is 18.6 Å². The summed E-state index contributed by atoms with van der Waals surface area (Å²) in [6, 6.07) is 3.91. The highest BCUT2D eigenvalue weighted by Gasteiger charge is 2.57. The summed E-state index contributed by atoms with van der Waals surface area (Å²) in [5, 5.41) is 12.2. The van der Waals surface area contributed by atoms with Gasteiger partial charge < -0.3 is 25.4 Å². The number of hydrogen-bond acceptors (Lipinski definition) is 10. The molecule has 0 spiro atoms. The molecular weight excluding hydrogens is 479 g/mol. The molecule has 1 aliphatic heterocycles. The Labute approximate surface area is 213 Å². The van der Waals surface area contributed by atoms with E-state index in [0.717, 1.165) is 31.6 Å². The van der Waals surface area contributed by atoms with Crippen LogP contribution in [0.2, 0.25) is 0 Å². The SMILES string of the molecule is N#C[C@@H]1C[C@@H]1COc1nc(C(=O)NC23CC(C2)C3)cc(N2CC[C@@H](COc3cncnc3N)[C@@H](F)C2)n1. The molecule has 0 unspecified atom stereocenters. The van der Waals surface area contributed by atoms with Crippen molar-refractivity contribution in [2.75, 3.05) is 36.9 Å². The molecular formula is C25H29FN8O3. The first kappa shape index (κ1) is 23.6. The number of ether oxygens (including phenoxy) is 2. The number of rotatable bonds is 9. The van der Waals surface area contributed by atoms with Crippen molar-refractivity contribution in [3.05, 3.63) is 24.3 Å². The normalized spacial score (nSPS) is 31.4. The number of halogens is 1. The van der Waals surface area contributed by atoms with Crippen molar-refractivity contribution < 1.29 is 18.7 Å². The minimum absolute atomic E-state index is 0.0124. The third kappa shape index (κ3) is 4.82. The van der Waals surface area contributed by atoms with Crippen LogP contribution in [0.3, 0.4) is 0 Å².